The highest BCUT2D eigenvalue weighted by Gasteiger charge is 2.20. The van der Waals surface area contributed by atoms with E-state index in [-0.39, 0.29) is 11.0 Å². The fraction of sp³-hybridized carbons (Fsp3) is 0.308. The Morgan fingerprint density at radius 2 is 1.84 bits per heavy atom. The molecule has 0 atom stereocenters. The lowest BCUT2D eigenvalue weighted by molar-refractivity contribution is 0.0696. The monoisotopic (exact) mass is 276 g/mol. The number of carbonyl (C=O) groups is 1. The first kappa shape index (κ1) is 15.5. The molecule has 0 aliphatic rings. The van der Waals surface area contributed by atoms with Gasteiger partial charge in [0.15, 0.2) is 0 Å². The number of hydrogen-bond acceptors (Lipinski definition) is 3. The predicted molar refractivity (Wildman–Crippen MR) is 78.2 cm³/mol. The van der Waals surface area contributed by atoms with E-state index in [1.54, 1.807) is 6.92 Å². The zero-order valence-corrected chi connectivity index (χ0v) is 12.5. The van der Waals surface area contributed by atoms with Crippen LogP contribution in [0.5, 0.6) is 0 Å². The zero-order chi connectivity index (χ0) is 14.8. The normalized spacial score (nSPS) is 10.6. The summed E-state index contributed by atoms with van der Waals surface area (Å²) in [5, 5.41) is 27.7. The van der Waals surface area contributed by atoms with E-state index in [9.17, 15) is 14.8 Å². The highest BCUT2D eigenvalue weighted by molar-refractivity contribution is 6.83. The molecular weight excluding hydrogens is 259 g/mol. The van der Waals surface area contributed by atoms with Crippen LogP contribution in [-0.4, -0.2) is 36.3 Å². The average Bonchev–Trinajstić information content (AvgIpc) is 2.25. The molecule has 1 aromatic rings. The lowest BCUT2D eigenvalue weighted by Gasteiger charge is -2.09. The van der Waals surface area contributed by atoms with Gasteiger partial charge < -0.3 is 15.2 Å². The van der Waals surface area contributed by atoms with E-state index in [1.165, 1.54) is 12.1 Å². The second-order valence-electron chi connectivity index (χ2n) is 5.42. The first-order valence-electron chi connectivity index (χ1n) is 5.89. The summed E-state index contributed by atoms with van der Waals surface area (Å²) in [5.74, 6) is 1.83. The molecule has 100 valence electrons. The summed E-state index contributed by atoms with van der Waals surface area (Å²) < 4.78 is 0. The molecule has 0 saturated carbocycles. The molecule has 0 radical (unpaired) electrons. The standard InChI is InChI=1S/C13H17BO4Si/c1-9-11(13(15)16)7-10(5-6-19(2,3)4)8-12(9)14(17)18/h7-8,17-18H,1-4H3,(H,15,16). The maximum absolute atomic E-state index is 11.1. The number of aromatic carboxylic acids is 1. The van der Waals surface area contributed by atoms with Crippen molar-refractivity contribution in [3.63, 3.8) is 0 Å². The fourth-order valence-corrected chi connectivity index (χ4v) is 2.08. The second kappa shape index (κ2) is 5.61. The summed E-state index contributed by atoms with van der Waals surface area (Å²) in [5.41, 5.74) is 4.19. The number of benzene rings is 1. The number of carboxylic acid groups (broad SMARTS) is 1. The van der Waals surface area contributed by atoms with Crippen molar-refractivity contribution in [2.24, 2.45) is 0 Å². The molecule has 0 saturated heterocycles. The molecule has 0 heterocycles. The molecule has 1 aromatic carbocycles. The summed E-state index contributed by atoms with van der Waals surface area (Å²) in [6, 6.07) is 3.00. The van der Waals surface area contributed by atoms with Gasteiger partial charge in [-0.05, 0) is 30.1 Å². The Hall–Kier alpha value is -1.55. The van der Waals surface area contributed by atoms with Crippen molar-refractivity contribution < 1.29 is 19.9 Å². The highest BCUT2D eigenvalue weighted by atomic mass is 28.3. The second-order valence-corrected chi connectivity index (χ2v) is 10.2. The van der Waals surface area contributed by atoms with Crippen molar-refractivity contribution in [3.8, 4) is 11.5 Å². The molecular formula is C13H17BO4Si. The van der Waals surface area contributed by atoms with E-state index in [1.807, 2.05) is 0 Å². The van der Waals surface area contributed by atoms with Crippen LogP contribution in [0.25, 0.3) is 0 Å². The van der Waals surface area contributed by atoms with Gasteiger partial charge in [-0.25, -0.2) is 4.79 Å². The summed E-state index contributed by atoms with van der Waals surface area (Å²) >= 11 is 0. The smallest absolute Gasteiger partial charge is 0.478 e. The molecule has 1 rings (SSSR count). The highest BCUT2D eigenvalue weighted by Crippen LogP contribution is 2.10. The van der Waals surface area contributed by atoms with Gasteiger partial charge in [-0.15, -0.1) is 5.54 Å². The minimum Gasteiger partial charge on any atom is -0.478 e. The molecule has 6 heteroatoms. The summed E-state index contributed by atoms with van der Waals surface area (Å²) in [4.78, 5) is 11.1. The Bertz CT molecular complexity index is 564. The Balaban J connectivity index is 3.42. The SMILES string of the molecule is Cc1c(B(O)O)cc(C#C[Si](C)(C)C)cc1C(=O)O. The number of carboxylic acids is 1. The largest absolute Gasteiger partial charge is 0.488 e. The Kier molecular flexibility index (Phi) is 4.58. The van der Waals surface area contributed by atoms with E-state index in [0.717, 1.165) is 0 Å². The number of hydrogen-bond donors (Lipinski definition) is 3. The number of rotatable bonds is 2. The third-order valence-corrected chi connectivity index (χ3v) is 3.41. The summed E-state index contributed by atoms with van der Waals surface area (Å²) in [6.45, 7) is 7.78. The van der Waals surface area contributed by atoms with E-state index in [4.69, 9.17) is 5.11 Å². The average molecular weight is 276 g/mol. The van der Waals surface area contributed by atoms with Crippen LogP contribution in [0.4, 0.5) is 0 Å². The Morgan fingerprint density at radius 3 is 2.26 bits per heavy atom. The van der Waals surface area contributed by atoms with Crippen molar-refractivity contribution in [2.75, 3.05) is 0 Å². The minimum atomic E-state index is -1.70. The molecule has 19 heavy (non-hydrogen) atoms. The summed E-state index contributed by atoms with van der Waals surface area (Å²) in [6.07, 6.45) is 0. The molecule has 0 aliphatic heterocycles. The van der Waals surface area contributed by atoms with Gasteiger partial charge in [-0.1, -0.05) is 25.6 Å². The Morgan fingerprint density at radius 1 is 1.26 bits per heavy atom. The Labute approximate surface area is 114 Å². The quantitative estimate of drug-likeness (QED) is 0.546. The van der Waals surface area contributed by atoms with Crippen LogP contribution in [0.15, 0.2) is 12.1 Å². The van der Waals surface area contributed by atoms with Crippen LogP contribution in [0.2, 0.25) is 19.6 Å². The van der Waals surface area contributed by atoms with Crippen LogP contribution >= 0.6 is 0 Å². The van der Waals surface area contributed by atoms with Gasteiger partial charge in [-0.3, -0.25) is 0 Å². The zero-order valence-electron chi connectivity index (χ0n) is 11.5. The fourth-order valence-electron chi connectivity index (χ4n) is 1.56. The van der Waals surface area contributed by atoms with Crippen molar-refractivity contribution >= 4 is 26.6 Å². The molecule has 0 spiro atoms. The van der Waals surface area contributed by atoms with Crippen molar-refractivity contribution in [3.05, 3.63) is 28.8 Å². The lowest BCUT2D eigenvalue weighted by atomic mass is 9.75. The molecule has 0 aliphatic carbocycles. The maximum atomic E-state index is 11.1. The van der Waals surface area contributed by atoms with E-state index >= 15 is 0 Å². The van der Waals surface area contributed by atoms with Gasteiger partial charge in [0.1, 0.15) is 8.07 Å². The molecule has 0 bridgehead atoms. The molecule has 0 amide bonds. The van der Waals surface area contributed by atoms with Gasteiger partial charge in [0, 0.05) is 5.56 Å². The van der Waals surface area contributed by atoms with E-state index in [2.05, 4.69) is 31.1 Å². The lowest BCUT2D eigenvalue weighted by Crippen LogP contribution is -2.33. The van der Waals surface area contributed by atoms with Crippen molar-refractivity contribution in [2.45, 2.75) is 26.6 Å². The van der Waals surface area contributed by atoms with Crippen molar-refractivity contribution in [1.29, 1.82) is 0 Å². The van der Waals surface area contributed by atoms with Crippen LogP contribution in [0, 0.1) is 18.4 Å². The molecule has 0 aromatic heterocycles. The third kappa shape index (κ3) is 4.24. The first-order chi connectivity index (χ1) is 8.61. The molecule has 4 nitrogen and oxygen atoms in total. The van der Waals surface area contributed by atoms with Gasteiger partial charge in [0.2, 0.25) is 0 Å². The van der Waals surface area contributed by atoms with Gasteiger partial charge >= 0.3 is 13.1 Å². The molecule has 3 N–H and O–H groups in total. The van der Waals surface area contributed by atoms with Gasteiger partial charge in [0.25, 0.3) is 0 Å². The minimum absolute atomic E-state index is 0.0467. The molecule has 0 fully saturated rings. The van der Waals surface area contributed by atoms with E-state index < -0.39 is 21.2 Å². The van der Waals surface area contributed by atoms with Crippen molar-refractivity contribution in [1.82, 2.24) is 0 Å². The topological polar surface area (TPSA) is 77.8 Å². The maximum Gasteiger partial charge on any atom is 0.488 e. The van der Waals surface area contributed by atoms with Crippen LogP contribution in [0.1, 0.15) is 21.5 Å². The third-order valence-electron chi connectivity index (χ3n) is 2.54. The van der Waals surface area contributed by atoms with Crippen LogP contribution in [-0.2, 0) is 0 Å². The van der Waals surface area contributed by atoms with Crippen LogP contribution < -0.4 is 5.46 Å². The first-order valence-corrected chi connectivity index (χ1v) is 9.39. The van der Waals surface area contributed by atoms with Crippen LogP contribution in [0.3, 0.4) is 0 Å². The van der Waals surface area contributed by atoms with Gasteiger partial charge in [0.05, 0.1) is 5.56 Å². The predicted octanol–water partition coefficient (Wildman–Crippen LogP) is 0.602. The van der Waals surface area contributed by atoms with E-state index in [0.29, 0.717) is 11.1 Å². The molecule has 0 unspecified atom stereocenters. The van der Waals surface area contributed by atoms with Gasteiger partial charge in [-0.2, -0.15) is 0 Å². The summed E-state index contributed by atoms with van der Waals surface area (Å²) in [7, 11) is -3.28.